The fourth-order valence-electron chi connectivity index (χ4n) is 3.23. The quantitative estimate of drug-likeness (QED) is 0.819. The first-order valence-electron chi connectivity index (χ1n) is 7.90. The van der Waals surface area contributed by atoms with Gasteiger partial charge in [-0.05, 0) is 55.5 Å². The number of likely N-dealkylation sites (tertiary alicyclic amines) is 1. The van der Waals surface area contributed by atoms with E-state index in [1.54, 1.807) is 12.1 Å². The molecule has 1 aliphatic rings. The molecule has 0 spiro atoms. The van der Waals surface area contributed by atoms with Crippen LogP contribution < -0.4 is 11.1 Å². The SMILES string of the molecule is CC1CC(C)CN(CCCC(=O)Nc2ccc(N)cc2)C1. The van der Waals surface area contributed by atoms with Gasteiger partial charge in [0.15, 0.2) is 0 Å². The highest BCUT2D eigenvalue weighted by atomic mass is 16.1. The zero-order chi connectivity index (χ0) is 15.2. The maximum Gasteiger partial charge on any atom is 0.224 e. The van der Waals surface area contributed by atoms with Gasteiger partial charge in [-0.15, -0.1) is 0 Å². The fourth-order valence-corrected chi connectivity index (χ4v) is 3.23. The first kappa shape index (κ1) is 15.8. The molecule has 2 atom stereocenters. The van der Waals surface area contributed by atoms with Gasteiger partial charge in [0.1, 0.15) is 0 Å². The Hall–Kier alpha value is -1.55. The first-order chi connectivity index (χ1) is 10.0. The molecule has 0 radical (unpaired) electrons. The molecule has 1 saturated heterocycles. The van der Waals surface area contributed by atoms with Crippen molar-refractivity contribution in [1.82, 2.24) is 4.90 Å². The lowest BCUT2D eigenvalue weighted by molar-refractivity contribution is -0.116. The van der Waals surface area contributed by atoms with Gasteiger partial charge in [0.2, 0.25) is 5.91 Å². The standard InChI is InChI=1S/C17H27N3O/c1-13-10-14(2)12-20(11-13)9-3-4-17(21)19-16-7-5-15(18)6-8-16/h5-8,13-14H,3-4,9-12,18H2,1-2H3,(H,19,21). The van der Waals surface area contributed by atoms with E-state index in [1.165, 1.54) is 19.5 Å². The van der Waals surface area contributed by atoms with Gasteiger partial charge in [-0.25, -0.2) is 0 Å². The molecule has 3 N–H and O–H groups in total. The minimum Gasteiger partial charge on any atom is -0.399 e. The van der Waals surface area contributed by atoms with E-state index in [-0.39, 0.29) is 5.91 Å². The van der Waals surface area contributed by atoms with Crippen LogP contribution in [0.4, 0.5) is 11.4 Å². The van der Waals surface area contributed by atoms with Crippen LogP contribution >= 0.6 is 0 Å². The summed E-state index contributed by atoms with van der Waals surface area (Å²) in [7, 11) is 0. The molecular formula is C17H27N3O. The molecule has 1 heterocycles. The van der Waals surface area contributed by atoms with E-state index in [0.29, 0.717) is 12.1 Å². The van der Waals surface area contributed by atoms with Crippen LogP contribution in [0.1, 0.15) is 33.1 Å². The monoisotopic (exact) mass is 289 g/mol. The van der Waals surface area contributed by atoms with Crippen LogP contribution in [0.5, 0.6) is 0 Å². The van der Waals surface area contributed by atoms with E-state index < -0.39 is 0 Å². The smallest absolute Gasteiger partial charge is 0.224 e. The predicted molar refractivity (Wildman–Crippen MR) is 88.1 cm³/mol. The number of carbonyl (C=O) groups is 1. The molecule has 0 bridgehead atoms. The molecule has 1 aromatic carbocycles. The number of nitrogens with zero attached hydrogens (tertiary/aromatic N) is 1. The summed E-state index contributed by atoms with van der Waals surface area (Å²) in [6.07, 6.45) is 2.82. The molecule has 0 aliphatic carbocycles. The third-order valence-corrected chi connectivity index (χ3v) is 4.02. The number of piperidine rings is 1. The summed E-state index contributed by atoms with van der Waals surface area (Å²) < 4.78 is 0. The minimum atomic E-state index is 0.0814. The van der Waals surface area contributed by atoms with E-state index in [4.69, 9.17) is 5.73 Å². The van der Waals surface area contributed by atoms with Gasteiger partial charge in [-0.2, -0.15) is 0 Å². The van der Waals surface area contributed by atoms with Crippen molar-refractivity contribution < 1.29 is 4.79 Å². The van der Waals surface area contributed by atoms with Crippen LogP contribution in [0.3, 0.4) is 0 Å². The van der Waals surface area contributed by atoms with E-state index in [0.717, 1.165) is 30.5 Å². The summed E-state index contributed by atoms with van der Waals surface area (Å²) in [5.74, 6) is 1.63. The summed E-state index contributed by atoms with van der Waals surface area (Å²) in [6.45, 7) is 7.99. The highest BCUT2D eigenvalue weighted by Crippen LogP contribution is 2.21. The normalized spacial score (nSPS) is 23.0. The summed E-state index contributed by atoms with van der Waals surface area (Å²) in [6, 6.07) is 7.26. The molecule has 1 fully saturated rings. The van der Waals surface area contributed by atoms with Crippen molar-refractivity contribution in [1.29, 1.82) is 0 Å². The maximum absolute atomic E-state index is 11.9. The first-order valence-corrected chi connectivity index (χ1v) is 7.90. The van der Waals surface area contributed by atoms with Crippen molar-refractivity contribution in [3.63, 3.8) is 0 Å². The lowest BCUT2D eigenvalue weighted by Gasteiger charge is -2.34. The molecule has 116 valence electrons. The van der Waals surface area contributed by atoms with Crippen LogP contribution in [-0.4, -0.2) is 30.4 Å². The van der Waals surface area contributed by atoms with E-state index in [2.05, 4.69) is 24.1 Å². The number of nitrogen functional groups attached to an aromatic ring is 1. The molecular weight excluding hydrogens is 262 g/mol. The summed E-state index contributed by atoms with van der Waals surface area (Å²) in [5.41, 5.74) is 7.15. The number of carbonyl (C=O) groups excluding carboxylic acids is 1. The Kier molecular flexibility index (Phi) is 5.62. The minimum absolute atomic E-state index is 0.0814. The van der Waals surface area contributed by atoms with E-state index in [1.807, 2.05) is 12.1 Å². The van der Waals surface area contributed by atoms with Gasteiger partial charge in [0, 0.05) is 30.9 Å². The molecule has 2 unspecified atom stereocenters. The second-order valence-corrected chi connectivity index (χ2v) is 6.48. The lowest BCUT2D eigenvalue weighted by atomic mass is 9.92. The second kappa shape index (κ2) is 7.46. The molecule has 0 saturated carbocycles. The van der Waals surface area contributed by atoms with Gasteiger partial charge in [0.05, 0.1) is 0 Å². The highest BCUT2D eigenvalue weighted by molar-refractivity contribution is 5.90. The zero-order valence-corrected chi connectivity index (χ0v) is 13.1. The van der Waals surface area contributed by atoms with Gasteiger partial charge >= 0.3 is 0 Å². The van der Waals surface area contributed by atoms with Crippen molar-refractivity contribution in [3.8, 4) is 0 Å². The number of anilines is 2. The Bertz CT molecular complexity index is 448. The van der Waals surface area contributed by atoms with Crippen LogP contribution in [-0.2, 0) is 4.79 Å². The van der Waals surface area contributed by atoms with E-state index in [9.17, 15) is 4.79 Å². The molecule has 4 heteroatoms. The van der Waals surface area contributed by atoms with Gasteiger partial charge in [-0.3, -0.25) is 4.79 Å². The number of rotatable bonds is 5. The summed E-state index contributed by atoms with van der Waals surface area (Å²) >= 11 is 0. The molecule has 0 aromatic heterocycles. The second-order valence-electron chi connectivity index (χ2n) is 6.48. The lowest BCUT2D eigenvalue weighted by Crippen LogP contribution is -2.39. The number of nitrogens with two attached hydrogens (primary N) is 1. The van der Waals surface area contributed by atoms with Gasteiger partial charge in [-0.1, -0.05) is 13.8 Å². The molecule has 4 nitrogen and oxygen atoms in total. The van der Waals surface area contributed by atoms with Crippen molar-refractivity contribution >= 4 is 17.3 Å². The van der Waals surface area contributed by atoms with Crippen LogP contribution in [0.25, 0.3) is 0 Å². The van der Waals surface area contributed by atoms with Crippen molar-refractivity contribution in [2.24, 2.45) is 11.8 Å². The fraction of sp³-hybridized carbons (Fsp3) is 0.588. The average molecular weight is 289 g/mol. The largest absolute Gasteiger partial charge is 0.399 e. The third-order valence-electron chi connectivity index (χ3n) is 4.02. The van der Waals surface area contributed by atoms with E-state index >= 15 is 0 Å². The average Bonchev–Trinajstić information content (AvgIpc) is 2.40. The number of amides is 1. The van der Waals surface area contributed by atoms with Crippen LogP contribution in [0.2, 0.25) is 0 Å². The van der Waals surface area contributed by atoms with Gasteiger partial charge in [0.25, 0.3) is 0 Å². The molecule has 1 aromatic rings. The molecule has 1 amide bonds. The Morgan fingerprint density at radius 3 is 2.48 bits per heavy atom. The topological polar surface area (TPSA) is 58.4 Å². The highest BCUT2D eigenvalue weighted by Gasteiger charge is 2.21. The Balaban J connectivity index is 1.68. The van der Waals surface area contributed by atoms with Crippen LogP contribution in [0, 0.1) is 11.8 Å². The number of nitrogens with one attached hydrogen (secondary N) is 1. The number of hydrogen-bond acceptors (Lipinski definition) is 3. The zero-order valence-electron chi connectivity index (χ0n) is 13.1. The van der Waals surface area contributed by atoms with Crippen molar-refractivity contribution in [2.75, 3.05) is 30.7 Å². The molecule has 2 rings (SSSR count). The molecule has 21 heavy (non-hydrogen) atoms. The molecule has 1 aliphatic heterocycles. The van der Waals surface area contributed by atoms with Gasteiger partial charge < -0.3 is 16.0 Å². The Labute approximate surface area is 127 Å². The van der Waals surface area contributed by atoms with Crippen molar-refractivity contribution in [2.45, 2.75) is 33.1 Å². The maximum atomic E-state index is 11.9. The Morgan fingerprint density at radius 1 is 1.24 bits per heavy atom. The Morgan fingerprint density at radius 2 is 1.86 bits per heavy atom. The number of hydrogen-bond donors (Lipinski definition) is 2. The third kappa shape index (κ3) is 5.38. The predicted octanol–water partition coefficient (Wildman–Crippen LogP) is 2.97. The van der Waals surface area contributed by atoms with Crippen molar-refractivity contribution in [3.05, 3.63) is 24.3 Å². The van der Waals surface area contributed by atoms with Crippen LogP contribution in [0.15, 0.2) is 24.3 Å². The number of benzene rings is 1. The summed E-state index contributed by atoms with van der Waals surface area (Å²) in [5, 5.41) is 2.91. The summed E-state index contributed by atoms with van der Waals surface area (Å²) in [4.78, 5) is 14.4.